The fraction of sp³-hybridized carbons (Fsp3) is 0.323. The summed E-state index contributed by atoms with van der Waals surface area (Å²) in [6, 6.07) is 18.2. The van der Waals surface area contributed by atoms with Crippen LogP contribution in [0.15, 0.2) is 84.0 Å². The summed E-state index contributed by atoms with van der Waals surface area (Å²) in [4.78, 5) is 30.1. The number of hydrogen-bond donors (Lipinski definition) is 2. The lowest BCUT2D eigenvalue weighted by atomic mass is 9.87. The van der Waals surface area contributed by atoms with Crippen molar-refractivity contribution in [2.75, 3.05) is 5.32 Å². The summed E-state index contributed by atoms with van der Waals surface area (Å²) in [5.41, 5.74) is 1.58. The maximum absolute atomic E-state index is 13.2. The number of carbonyl (C=O) groups excluding carboxylic acids is 2. The molecule has 4 aromatic rings. The maximum Gasteiger partial charge on any atom is 0.408 e. The smallest absolute Gasteiger partial charge is 0.408 e. The lowest BCUT2D eigenvalue weighted by molar-refractivity contribution is -0.118. The van der Waals surface area contributed by atoms with Crippen LogP contribution >= 0.6 is 0 Å². The van der Waals surface area contributed by atoms with Crippen molar-refractivity contribution in [2.24, 2.45) is 5.41 Å². The van der Waals surface area contributed by atoms with Gasteiger partial charge in [0.1, 0.15) is 11.6 Å². The Balaban J connectivity index is 1.56. The fourth-order valence-electron chi connectivity index (χ4n) is 4.40. The van der Waals surface area contributed by atoms with E-state index < -0.39 is 27.8 Å². The van der Waals surface area contributed by atoms with Gasteiger partial charge in [-0.1, -0.05) is 51.1 Å². The van der Waals surface area contributed by atoms with Gasteiger partial charge in [-0.25, -0.2) is 22.2 Å². The quantitative estimate of drug-likeness (QED) is 0.270. The molecule has 216 valence electrons. The van der Waals surface area contributed by atoms with E-state index in [9.17, 15) is 18.0 Å². The molecule has 0 aliphatic rings. The number of rotatable bonds is 7. The topological polar surface area (TPSA) is 119 Å². The van der Waals surface area contributed by atoms with Crippen LogP contribution in [0.25, 0.3) is 22.2 Å². The van der Waals surface area contributed by atoms with Crippen LogP contribution in [-0.2, 0) is 19.6 Å². The van der Waals surface area contributed by atoms with E-state index in [-0.39, 0.29) is 16.2 Å². The summed E-state index contributed by atoms with van der Waals surface area (Å²) in [5, 5.41) is 6.26. The summed E-state index contributed by atoms with van der Waals surface area (Å²) in [6.45, 7) is 11.3. The van der Waals surface area contributed by atoms with Crippen molar-refractivity contribution in [3.8, 4) is 11.1 Å². The van der Waals surface area contributed by atoms with Gasteiger partial charge in [0.05, 0.1) is 4.90 Å². The Labute approximate surface area is 241 Å². The van der Waals surface area contributed by atoms with Gasteiger partial charge in [-0.3, -0.25) is 4.79 Å². The molecule has 0 fully saturated rings. The van der Waals surface area contributed by atoms with Crippen molar-refractivity contribution < 1.29 is 22.7 Å². The molecule has 0 aliphatic heterocycles. The van der Waals surface area contributed by atoms with E-state index in [0.717, 1.165) is 11.1 Å². The van der Waals surface area contributed by atoms with Gasteiger partial charge in [0.15, 0.2) is 5.65 Å². The lowest BCUT2D eigenvalue weighted by Gasteiger charge is -2.27. The van der Waals surface area contributed by atoms with Gasteiger partial charge < -0.3 is 15.4 Å². The highest BCUT2D eigenvalue weighted by Crippen LogP contribution is 2.31. The molecule has 0 spiro atoms. The number of fused-ring (bicyclic) bond motifs is 1. The van der Waals surface area contributed by atoms with Gasteiger partial charge in [0.25, 0.3) is 10.0 Å². The predicted molar refractivity (Wildman–Crippen MR) is 160 cm³/mol. The minimum atomic E-state index is -3.81. The van der Waals surface area contributed by atoms with Gasteiger partial charge in [-0.05, 0) is 80.1 Å². The van der Waals surface area contributed by atoms with Crippen molar-refractivity contribution in [3.05, 3.63) is 79.1 Å². The van der Waals surface area contributed by atoms with Crippen molar-refractivity contribution >= 4 is 38.7 Å². The third-order valence-electron chi connectivity index (χ3n) is 6.14. The fourth-order valence-corrected chi connectivity index (χ4v) is 5.72. The number of carbonyl (C=O) groups is 2. The predicted octanol–water partition coefficient (Wildman–Crippen LogP) is 6.21. The number of aromatic nitrogens is 2. The van der Waals surface area contributed by atoms with Crippen LogP contribution in [0, 0.1) is 5.41 Å². The highest BCUT2D eigenvalue weighted by atomic mass is 32.2. The molecular formula is C31H36N4O5S. The van der Waals surface area contributed by atoms with E-state index in [1.807, 2.05) is 39.0 Å². The van der Waals surface area contributed by atoms with Crippen LogP contribution in [0.2, 0.25) is 0 Å². The number of benzene rings is 2. The number of anilines is 1. The first-order valence-electron chi connectivity index (χ1n) is 13.3. The third-order valence-corrected chi connectivity index (χ3v) is 7.82. The monoisotopic (exact) mass is 576 g/mol. The number of alkyl carbamates (subject to hydrolysis) is 1. The van der Waals surface area contributed by atoms with Crippen molar-refractivity contribution in [3.63, 3.8) is 0 Å². The Morgan fingerprint density at radius 3 is 2.20 bits per heavy atom. The third kappa shape index (κ3) is 7.32. The van der Waals surface area contributed by atoms with Gasteiger partial charge in [0.2, 0.25) is 5.91 Å². The standard InChI is InChI=1S/C31H36N4O5S/c1-30(2,3)20-26(34-29(37)40-31(4,5)6)28(36)33-22-14-12-21(13-15-22)24-16-18-32-27-25(24)17-19-35(27)41(38,39)23-10-8-7-9-11-23/h7-19,26H,20H2,1-6H3,(H,33,36)(H,34,37). The number of amides is 2. The molecule has 4 rings (SSSR count). The Kier molecular flexibility index (Phi) is 8.26. The SMILES string of the molecule is CC(C)(C)CC(NC(=O)OC(C)(C)C)C(=O)Nc1ccc(-c2ccnc3c2ccn3S(=O)(=O)c2ccccc2)cc1. The van der Waals surface area contributed by atoms with Gasteiger partial charge in [-0.2, -0.15) is 0 Å². The zero-order chi connectivity index (χ0) is 30.0. The number of hydrogen-bond acceptors (Lipinski definition) is 6. The molecule has 0 radical (unpaired) electrons. The minimum absolute atomic E-state index is 0.177. The molecule has 2 aromatic carbocycles. The lowest BCUT2D eigenvalue weighted by Crippen LogP contribution is -2.47. The van der Waals surface area contributed by atoms with Gasteiger partial charge in [-0.15, -0.1) is 0 Å². The molecule has 9 nitrogen and oxygen atoms in total. The molecule has 0 aliphatic carbocycles. The highest BCUT2D eigenvalue weighted by molar-refractivity contribution is 7.90. The first-order chi connectivity index (χ1) is 19.1. The zero-order valence-corrected chi connectivity index (χ0v) is 25.0. The van der Waals surface area contributed by atoms with Gasteiger partial charge >= 0.3 is 6.09 Å². The van der Waals surface area contributed by atoms with E-state index in [1.165, 1.54) is 10.2 Å². The van der Waals surface area contributed by atoms with Crippen LogP contribution in [0.1, 0.15) is 48.0 Å². The second-order valence-electron chi connectivity index (χ2n) is 12.1. The highest BCUT2D eigenvalue weighted by Gasteiger charge is 2.29. The van der Waals surface area contributed by atoms with Crippen molar-refractivity contribution in [2.45, 2.75) is 64.5 Å². The number of nitrogens with zero attached hydrogens (tertiary/aromatic N) is 2. The number of ether oxygens (including phenoxy) is 1. The Hall–Kier alpha value is -4.18. The van der Waals surface area contributed by atoms with E-state index in [0.29, 0.717) is 23.1 Å². The normalized spacial score (nSPS) is 13.0. The van der Waals surface area contributed by atoms with Crippen LogP contribution in [0.3, 0.4) is 0 Å². The summed E-state index contributed by atoms with van der Waals surface area (Å²) in [7, 11) is -3.81. The summed E-state index contributed by atoms with van der Waals surface area (Å²) >= 11 is 0. The zero-order valence-electron chi connectivity index (χ0n) is 24.1. The van der Waals surface area contributed by atoms with Crippen LogP contribution in [-0.4, -0.2) is 41.0 Å². The molecule has 10 heteroatoms. The Morgan fingerprint density at radius 1 is 0.927 bits per heavy atom. The first kappa shape index (κ1) is 29.8. The molecule has 2 N–H and O–H groups in total. The molecule has 0 bridgehead atoms. The molecule has 0 saturated carbocycles. The first-order valence-corrected chi connectivity index (χ1v) is 14.8. The largest absolute Gasteiger partial charge is 0.444 e. The Bertz CT molecular complexity index is 1650. The molecule has 2 heterocycles. The van der Waals surface area contributed by atoms with E-state index in [4.69, 9.17) is 4.74 Å². The average molecular weight is 577 g/mol. The Morgan fingerprint density at radius 2 is 1.59 bits per heavy atom. The molecule has 2 amide bonds. The second-order valence-corrected chi connectivity index (χ2v) is 13.9. The van der Waals surface area contributed by atoms with Crippen molar-refractivity contribution in [1.82, 2.24) is 14.3 Å². The van der Waals surface area contributed by atoms with E-state index in [1.54, 1.807) is 75.5 Å². The van der Waals surface area contributed by atoms with Crippen LogP contribution < -0.4 is 10.6 Å². The van der Waals surface area contributed by atoms with E-state index in [2.05, 4.69) is 15.6 Å². The summed E-state index contributed by atoms with van der Waals surface area (Å²) < 4.78 is 33.0. The minimum Gasteiger partial charge on any atom is -0.444 e. The number of nitrogens with one attached hydrogen (secondary N) is 2. The van der Waals surface area contributed by atoms with Gasteiger partial charge in [0, 0.05) is 23.5 Å². The van der Waals surface area contributed by atoms with Crippen LogP contribution in [0.5, 0.6) is 0 Å². The molecular weight excluding hydrogens is 540 g/mol. The van der Waals surface area contributed by atoms with E-state index >= 15 is 0 Å². The van der Waals surface area contributed by atoms with Crippen LogP contribution in [0.4, 0.5) is 10.5 Å². The molecule has 1 atom stereocenters. The molecule has 2 aromatic heterocycles. The molecule has 0 saturated heterocycles. The molecule has 1 unspecified atom stereocenters. The summed E-state index contributed by atoms with van der Waals surface area (Å²) in [6.07, 6.45) is 2.84. The van der Waals surface area contributed by atoms with Crippen molar-refractivity contribution in [1.29, 1.82) is 0 Å². The molecule has 41 heavy (non-hydrogen) atoms. The average Bonchev–Trinajstić information content (AvgIpc) is 3.33. The second kappa shape index (κ2) is 11.4. The summed E-state index contributed by atoms with van der Waals surface area (Å²) in [5.74, 6) is -0.354. The number of pyridine rings is 1. The maximum atomic E-state index is 13.2.